The molecule has 5 nitrogen and oxygen atoms in total. The Hall–Kier alpha value is -2.82. The van der Waals surface area contributed by atoms with Crippen molar-refractivity contribution in [3.63, 3.8) is 0 Å². The third-order valence-corrected chi connectivity index (χ3v) is 4.30. The number of hydrogen-bond acceptors (Lipinski definition) is 3. The van der Waals surface area contributed by atoms with Crippen LogP contribution in [0.1, 0.15) is 41.5 Å². The number of fused-ring (bicyclic) bond motifs is 1. The van der Waals surface area contributed by atoms with Gasteiger partial charge in [-0.15, -0.1) is 0 Å². The molecule has 0 fully saturated rings. The topological polar surface area (TPSA) is 56.1 Å². The van der Waals surface area contributed by atoms with E-state index in [-0.39, 0.29) is 5.91 Å². The number of hydrogen-bond donors (Lipinski definition) is 1. The molecule has 0 aliphatic carbocycles. The molecule has 0 radical (unpaired) electrons. The lowest BCUT2D eigenvalue weighted by Gasteiger charge is -2.09. The number of aryl methyl sites for hydroxylation is 1. The van der Waals surface area contributed by atoms with Crippen molar-refractivity contribution in [1.82, 2.24) is 14.9 Å². The van der Waals surface area contributed by atoms with Crippen LogP contribution in [0.4, 0.5) is 0 Å². The summed E-state index contributed by atoms with van der Waals surface area (Å²) in [5.41, 5.74) is 3.61. The predicted molar refractivity (Wildman–Crippen MR) is 99.0 cm³/mol. The van der Waals surface area contributed by atoms with Crippen LogP contribution < -0.4 is 10.1 Å². The molecule has 25 heavy (non-hydrogen) atoms. The Morgan fingerprint density at radius 2 is 2.00 bits per heavy atom. The van der Waals surface area contributed by atoms with Crippen molar-refractivity contribution in [1.29, 1.82) is 0 Å². The van der Waals surface area contributed by atoms with Gasteiger partial charge in [-0.05, 0) is 29.8 Å². The number of carbonyl (C=O) groups is 1. The molecule has 0 saturated carbocycles. The Morgan fingerprint density at radius 1 is 1.24 bits per heavy atom. The molecule has 0 spiro atoms. The number of imidazole rings is 1. The smallest absolute Gasteiger partial charge is 0.255 e. The average Bonchev–Trinajstić information content (AvgIpc) is 2.96. The minimum absolute atomic E-state index is 0.151. The second-order valence-corrected chi connectivity index (χ2v) is 6.39. The van der Waals surface area contributed by atoms with Gasteiger partial charge < -0.3 is 14.6 Å². The largest absolute Gasteiger partial charge is 0.496 e. The van der Waals surface area contributed by atoms with Crippen molar-refractivity contribution in [3.8, 4) is 5.75 Å². The van der Waals surface area contributed by atoms with Gasteiger partial charge in [0.25, 0.3) is 5.91 Å². The number of ether oxygens (including phenoxy) is 1. The van der Waals surface area contributed by atoms with E-state index in [2.05, 4.69) is 29.8 Å². The number of rotatable bonds is 5. The zero-order valence-electron chi connectivity index (χ0n) is 15.0. The van der Waals surface area contributed by atoms with Gasteiger partial charge in [0.2, 0.25) is 0 Å². The zero-order chi connectivity index (χ0) is 18.0. The maximum absolute atomic E-state index is 12.4. The lowest BCUT2D eigenvalue weighted by molar-refractivity contribution is 0.0948. The number of methoxy groups -OCH3 is 1. The second kappa shape index (κ2) is 6.97. The lowest BCUT2D eigenvalue weighted by atomic mass is 10.1. The quantitative estimate of drug-likeness (QED) is 0.773. The molecule has 0 bridgehead atoms. The van der Waals surface area contributed by atoms with E-state index >= 15 is 0 Å². The molecule has 0 unspecified atom stereocenters. The van der Waals surface area contributed by atoms with Gasteiger partial charge in [0.15, 0.2) is 0 Å². The van der Waals surface area contributed by atoms with Crippen LogP contribution in [0.2, 0.25) is 0 Å². The number of nitrogens with zero attached hydrogens (tertiary/aromatic N) is 2. The van der Waals surface area contributed by atoms with Gasteiger partial charge in [0, 0.05) is 19.5 Å². The van der Waals surface area contributed by atoms with Gasteiger partial charge in [-0.25, -0.2) is 4.98 Å². The van der Waals surface area contributed by atoms with Crippen molar-refractivity contribution >= 4 is 16.9 Å². The summed E-state index contributed by atoms with van der Waals surface area (Å²) in [6.07, 6.45) is 0. The van der Waals surface area contributed by atoms with Gasteiger partial charge in [-0.2, -0.15) is 0 Å². The van der Waals surface area contributed by atoms with Gasteiger partial charge in [-0.1, -0.05) is 32.0 Å². The Balaban J connectivity index is 1.78. The molecule has 0 atom stereocenters. The van der Waals surface area contributed by atoms with Crippen LogP contribution in [0.3, 0.4) is 0 Å². The molecule has 0 saturated heterocycles. The molecular weight excluding hydrogens is 314 g/mol. The van der Waals surface area contributed by atoms with Crippen LogP contribution in [0, 0.1) is 0 Å². The van der Waals surface area contributed by atoms with E-state index in [1.54, 1.807) is 19.2 Å². The highest BCUT2D eigenvalue weighted by Crippen LogP contribution is 2.22. The van der Waals surface area contributed by atoms with E-state index in [1.165, 1.54) is 0 Å². The molecule has 1 N–H and O–H groups in total. The maximum Gasteiger partial charge on any atom is 0.255 e. The molecule has 3 aromatic rings. The van der Waals surface area contributed by atoms with Crippen LogP contribution in [-0.4, -0.2) is 22.6 Å². The Labute approximate surface area is 147 Å². The summed E-state index contributed by atoms with van der Waals surface area (Å²) in [6, 6.07) is 13.3. The van der Waals surface area contributed by atoms with E-state index in [0.717, 1.165) is 22.4 Å². The highest BCUT2D eigenvalue weighted by molar-refractivity contribution is 5.96. The van der Waals surface area contributed by atoms with Crippen molar-refractivity contribution in [2.75, 3.05) is 7.11 Å². The van der Waals surface area contributed by atoms with E-state index in [0.29, 0.717) is 23.8 Å². The molecule has 0 aliphatic heterocycles. The minimum Gasteiger partial charge on any atom is -0.496 e. The summed E-state index contributed by atoms with van der Waals surface area (Å²) in [6.45, 7) is 4.71. The molecule has 5 heteroatoms. The second-order valence-electron chi connectivity index (χ2n) is 6.39. The average molecular weight is 337 g/mol. The van der Waals surface area contributed by atoms with Gasteiger partial charge >= 0.3 is 0 Å². The highest BCUT2D eigenvalue weighted by atomic mass is 16.5. The number of aromatic nitrogens is 2. The fraction of sp³-hybridized carbons (Fsp3) is 0.300. The van der Waals surface area contributed by atoms with Crippen molar-refractivity contribution in [3.05, 3.63) is 59.4 Å². The Bertz CT molecular complexity index is 912. The normalized spacial score (nSPS) is 11.1. The number of carbonyl (C=O) groups excluding carboxylic acids is 1. The molecule has 3 rings (SSSR count). The van der Waals surface area contributed by atoms with Crippen molar-refractivity contribution in [2.45, 2.75) is 26.3 Å². The van der Waals surface area contributed by atoms with Crippen molar-refractivity contribution in [2.24, 2.45) is 7.05 Å². The van der Waals surface area contributed by atoms with Gasteiger partial charge in [0.05, 0.1) is 23.7 Å². The van der Waals surface area contributed by atoms with Crippen LogP contribution >= 0.6 is 0 Å². The third kappa shape index (κ3) is 3.36. The summed E-state index contributed by atoms with van der Waals surface area (Å²) in [4.78, 5) is 17.1. The predicted octanol–water partition coefficient (Wildman–Crippen LogP) is 3.64. The summed E-state index contributed by atoms with van der Waals surface area (Å²) in [5, 5.41) is 2.95. The first-order chi connectivity index (χ1) is 12.0. The van der Waals surface area contributed by atoms with Crippen LogP contribution in [0.15, 0.2) is 42.5 Å². The Kier molecular flexibility index (Phi) is 4.74. The van der Waals surface area contributed by atoms with E-state index in [4.69, 9.17) is 9.72 Å². The number of para-hydroxylation sites is 1. The molecule has 0 aliphatic rings. The summed E-state index contributed by atoms with van der Waals surface area (Å²) in [5.74, 6) is 1.85. The monoisotopic (exact) mass is 337 g/mol. The fourth-order valence-electron chi connectivity index (χ4n) is 3.00. The number of amides is 1. The summed E-state index contributed by atoms with van der Waals surface area (Å²) >= 11 is 0. The van der Waals surface area contributed by atoms with Crippen molar-refractivity contribution < 1.29 is 9.53 Å². The maximum atomic E-state index is 12.4. The highest BCUT2D eigenvalue weighted by Gasteiger charge is 2.13. The number of benzene rings is 2. The third-order valence-electron chi connectivity index (χ3n) is 4.30. The van der Waals surface area contributed by atoms with Gasteiger partial charge in [-0.3, -0.25) is 4.79 Å². The van der Waals surface area contributed by atoms with Crippen LogP contribution in [0.5, 0.6) is 5.75 Å². The molecule has 1 amide bonds. The molecule has 130 valence electrons. The van der Waals surface area contributed by atoms with Crippen LogP contribution in [-0.2, 0) is 13.6 Å². The first kappa shape index (κ1) is 17.0. The molecule has 1 heterocycles. The van der Waals surface area contributed by atoms with E-state index in [9.17, 15) is 4.79 Å². The fourth-order valence-corrected chi connectivity index (χ4v) is 3.00. The Morgan fingerprint density at radius 3 is 2.72 bits per heavy atom. The first-order valence-electron chi connectivity index (χ1n) is 8.37. The SMILES string of the molecule is COc1ccccc1C(=O)NCc1ccc2c(c1)nc(C(C)C)n2C. The van der Waals surface area contributed by atoms with Gasteiger partial charge in [0.1, 0.15) is 11.6 Å². The standard InChI is InChI=1S/C20H23N3O2/c1-13(2)19-22-16-11-14(9-10-17(16)23(19)3)12-21-20(24)15-7-5-6-8-18(15)25-4/h5-11,13H,12H2,1-4H3,(H,21,24). The van der Waals surface area contributed by atoms with E-state index in [1.807, 2.05) is 31.3 Å². The summed E-state index contributed by atoms with van der Waals surface area (Å²) in [7, 11) is 3.60. The summed E-state index contributed by atoms with van der Waals surface area (Å²) < 4.78 is 7.36. The van der Waals surface area contributed by atoms with E-state index < -0.39 is 0 Å². The minimum atomic E-state index is -0.151. The first-order valence-corrected chi connectivity index (χ1v) is 8.37. The number of nitrogens with one attached hydrogen (secondary N) is 1. The molecular formula is C20H23N3O2. The molecule has 1 aromatic heterocycles. The zero-order valence-corrected chi connectivity index (χ0v) is 15.0. The van der Waals surface area contributed by atoms with Crippen LogP contribution in [0.25, 0.3) is 11.0 Å². The lowest BCUT2D eigenvalue weighted by Crippen LogP contribution is -2.23. The molecule has 2 aromatic carbocycles.